The maximum atomic E-state index is 12.6. The summed E-state index contributed by atoms with van der Waals surface area (Å²) in [7, 11) is -3.37. The van der Waals surface area contributed by atoms with Gasteiger partial charge in [-0.3, -0.25) is 4.90 Å². The number of aromatic nitrogens is 1. The molecule has 1 aromatic heterocycles. The summed E-state index contributed by atoms with van der Waals surface area (Å²) in [5.41, 5.74) is 2.41. The SMILES string of the molecule is Cc1c([C@@H](O)CN2CCC3(CC2)CN(c2ccc(S(C)(=O)=O)cn2)C(=O)O3)ccc2c1COC2=O. The van der Waals surface area contributed by atoms with Crippen molar-refractivity contribution in [3.63, 3.8) is 0 Å². The van der Waals surface area contributed by atoms with Crippen molar-refractivity contribution in [2.24, 2.45) is 0 Å². The van der Waals surface area contributed by atoms with Gasteiger partial charge >= 0.3 is 12.1 Å². The van der Waals surface area contributed by atoms with Gasteiger partial charge in [-0.25, -0.2) is 23.0 Å². The van der Waals surface area contributed by atoms with Crippen LogP contribution in [0.1, 0.15) is 46.0 Å². The van der Waals surface area contributed by atoms with Crippen molar-refractivity contribution in [2.45, 2.75) is 43.0 Å². The average molecular weight is 502 g/mol. The van der Waals surface area contributed by atoms with Crippen LogP contribution >= 0.6 is 0 Å². The van der Waals surface area contributed by atoms with Crippen molar-refractivity contribution >= 4 is 27.7 Å². The summed E-state index contributed by atoms with van der Waals surface area (Å²) in [4.78, 5) is 32.2. The fourth-order valence-corrected chi connectivity index (χ4v) is 5.59. The molecule has 186 valence electrons. The van der Waals surface area contributed by atoms with E-state index in [1.165, 1.54) is 23.2 Å². The summed E-state index contributed by atoms with van der Waals surface area (Å²) in [5, 5.41) is 10.9. The van der Waals surface area contributed by atoms with Gasteiger partial charge in [0.15, 0.2) is 9.84 Å². The molecule has 1 amide bonds. The van der Waals surface area contributed by atoms with Gasteiger partial charge in [0.2, 0.25) is 0 Å². The Labute approximate surface area is 203 Å². The average Bonchev–Trinajstić information content (AvgIpc) is 3.35. The van der Waals surface area contributed by atoms with Gasteiger partial charge in [0, 0.05) is 50.5 Å². The number of anilines is 1. The number of amides is 1. The smallest absolute Gasteiger partial charge is 0.416 e. The lowest BCUT2D eigenvalue weighted by Gasteiger charge is -2.38. The van der Waals surface area contributed by atoms with Crippen LogP contribution in [-0.4, -0.2) is 73.5 Å². The van der Waals surface area contributed by atoms with Gasteiger partial charge < -0.3 is 19.5 Å². The van der Waals surface area contributed by atoms with Crippen molar-refractivity contribution < 1.29 is 32.6 Å². The number of cyclic esters (lactones) is 1. The van der Waals surface area contributed by atoms with Crippen molar-refractivity contribution in [3.05, 3.63) is 52.7 Å². The molecule has 0 saturated carbocycles. The number of esters is 1. The third kappa shape index (κ3) is 4.39. The van der Waals surface area contributed by atoms with Crippen molar-refractivity contribution in [1.82, 2.24) is 9.88 Å². The van der Waals surface area contributed by atoms with E-state index in [1.807, 2.05) is 6.92 Å². The molecule has 0 aliphatic carbocycles. The number of fused-ring (bicyclic) bond motifs is 1. The molecule has 2 fully saturated rings. The van der Waals surface area contributed by atoms with Gasteiger partial charge in [0.25, 0.3) is 0 Å². The van der Waals surface area contributed by atoms with Crippen molar-refractivity contribution in [3.8, 4) is 0 Å². The minimum Gasteiger partial charge on any atom is -0.457 e. The molecule has 3 aliphatic rings. The molecule has 11 heteroatoms. The van der Waals surface area contributed by atoms with Crippen LogP contribution in [0.2, 0.25) is 0 Å². The Morgan fingerprint density at radius 1 is 1.17 bits per heavy atom. The Bertz CT molecular complexity index is 1280. The first kappa shape index (κ1) is 23.7. The predicted octanol–water partition coefficient (Wildman–Crippen LogP) is 1.99. The zero-order valence-corrected chi connectivity index (χ0v) is 20.4. The Morgan fingerprint density at radius 2 is 1.91 bits per heavy atom. The first-order valence-electron chi connectivity index (χ1n) is 11.4. The maximum Gasteiger partial charge on any atom is 0.416 e. The summed E-state index contributed by atoms with van der Waals surface area (Å²) in [5.74, 6) is 0.0267. The molecule has 3 aliphatic heterocycles. The fourth-order valence-electron chi connectivity index (χ4n) is 5.03. The van der Waals surface area contributed by atoms with Gasteiger partial charge in [-0.1, -0.05) is 6.07 Å². The number of likely N-dealkylation sites (tertiary alicyclic amines) is 1. The molecule has 4 heterocycles. The van der Waals surface area contributed by atoms with Crippen LogP contribution < -0.4 is 4.90 Å². The fraction of sp³-hybridized carbons (Fsp3) is 0.458. The molecule has 0 radical (unpaired) electrons. The van der Waals surface area contributed by atoms with Gasteiger partial charge in [0.1, 0.15) is 18.0 Å². The standard InChI is InChI=1S/C24H27N3O7S/c1-15-17(4-5-18-19(15)13-33-22(18)29)20(28)12-26-9-7-24(8-10-26)14-27(23(30)34-24)21-6-3-16(11-25-21)35(2,31)32/h3-6,11,20,28H,7-10,12-14H2,1-2H3/t20-/m0/s1. The number of benzene rings is 1. The second kappa shape index (κ2) is 8.58. The minimum absolute atomic E-state index is 0.0909. The first-order chi connectivity index (χ1) is 16.6. The highest BCUT2D eigenvalue weighted by molar-refractivity contribution is 7.90. The molecule has 1 aromatic carbocycles. The number of aliphatic hydroxyl groups is 1. The summed E-state index contributed by atoms with van der Waals surface area (Å²) >= 11 is 0. The second-order valence-electron chi connectivity index (χ2n) is 9.46. The third-order valence-electron chi connectivity index (χ3n) is 7.16. The highest BCUT2D eigenvalue weighted by Gasteiger charge is 2.48. The lowest BCUT2D eigenvalue weighted by atomic mass is 9.90. The van der Waals surface area contributed by atoms with E-state index in [2.05, 4.69) is 9.88 Å². The summed E-state index contributed by atoms with van der Waals surface area (Å²) < 4.78 is 34.2. The third-order valence-corrected chi connectivity index (χ3v) is 8.26. The van der Waals surface area contributed by atoms with Gasteiger partial charge in [-0.2, -0.15) is 0 Å². The minimum atomic E-state index is -3.37. The second-order valence-corrected chi connectivity index (χ2v) is 11.5. The first-order valence-corrected chi connectivity index (χ1v) is 13.3. The van der Waals surface area contributed by atoms with E-state index in [-0.39, 0.29) is 17.5 Å². The number of carbonyl (C=O) groups excluding carboxylic acids is 2. The summed E-state index contributed by atoms with van der Waals surface area (Å²) in [6.45, 7) is 4.19. The number of piperidine rings is 1. The highest BCUT2D eigenvalue weighted by Crippen LogP contribution is 2.36. The largest absolute Gasteiger partial charge is 0.457 e. The van der Waals surface area contributed by atoms with Crippen LogP contribution in [0.5, 0.6) is 0 Å². The van der Waals surface area contributed by atoms with Gasteiger partial charge in [0.05, 0.1) is 23.1 Å². The molecule has 1 N–H and O–H groups in total. The van der Waals surface area contributed by atoms with E-state index < -0.39 is 27.6 Å². The van der Waals surface area contributed by atoms with Crippen LogP contribution in [0.3, 0.4) is 0 Å². The molecule has 10 nitrogen and oxygen atoms in total. The lowest BCUT2D eigenvalue weighted by molar-refractivity contribution is -0.00987. The van der Waals surface area contributed by atoms with Crippen LogP contribution in [0.25, 0.3) is 0 Å². The lowest BCUT2D eigenvalue weighted by Crippen LogP contribution is -2.47. The molecule has 1 spiro atoms. The maximum absolute atomic E-state index is 12.6. The Kier molecular flexibility index (Phi) is 5.81. The number of hydrogen-bond acceptors (Lipinski definition) is 9. The van der Waals surface area contributed by atoms with Crippen LogP contribution in [0.15, 0.2) is 35.4 Å². The summed E-state index contributed by atoms with van der Waals surface area (Å²) in [6.07, 6.45) is 2.35. The number of rotatable bonds is 5. The molecular formula is C24H27N3O7S. The zero-order valence-electron chi connectivity index (χ0n) is 19.6. The molecular weight excluding hydrogens is 474 g/mol. The van der Waals surface area contributed by atoms with Crippen LogP contribution in [-0.2, 0) is 25.9 Å². The monoisotopic (exact) mass is 501 g/mol. The van der Waals surface area contributed by atoms with Crippen molar-refractivity contribution in [1.29, 1.82) is 0 Å². The van der Waals surface area contributed by atoms with E-state index >= 15 is 0 Å². The molecule has 1 atom stereocenters. The Hall–Kier alpha value is -3.02. The molecule has 2 saturated heterocycles. The normalized spacial score (nSPS) is 20.6. The van der Waals surface area contributed by atoms with E-state index in [4.69, 9.17) is 9.47 Å². The Morgan fingerprint density at radius 3 is 2.57 bits per heavy atom. The van der Waals surface area contributed by atoms with E-state index in [1.54, 1.807) is 12.1 Å². The molecule has 5 rings (SSSR count). The van der Waals surface area contributed by atoms with Crippen LogP contribution in [0, 0.1) is 6.92 Å². The molecule has 2 aromatic rings. The molecule has 0 bridgehead atoms. The van der Waals surface area contributed by atoms with E-state index in [9.17, 15) is 23.1 Å². The number of ether oxygens (including phenoxy) is 2. The number of hydrogen-bond donors (Lipinski definition) is 1. The van der Waals surface area contributed by atoms with Gasteiger partial charge in [-0.15, -0.1) is 0 Å². The number of nitrogens with zero attached hydrogens (tertiary/aromatic N) is 3. The Balaban J connectivity index is 1.21. The predicted molar refractivity (Wildman–Crippen MR) is 125 cm³/mol. The van der Waals surface area contributed by atoms with Crippen molar-refractivity contribution in [2.75, 3.05) is 37.3 Å². The number of sulfone groups is 1. The quantitative estimate of drug-likeness (QED) is 0.612. The highest BCUT2D eigenvalue weighted by atomic mass is 32.2. The molecule has 0 unspecified atom stereocenters. The van der Waals surface area contributed by atoms with Crippen LogP contribution in [0.4, 0.5) is 10.6 Å². The number of β-amino-alcohol motifs (C(OH)–C–C–N with tert-alkyl or cyclic N) is 1. The topological polar surface area (TPSA) is 126 Å². The number of pyridine rings is 1. The number of carbonyl (C=O) groups is 2. The summed E-state index contributed by atoms with van der Waals surface area (Å²) in [6, 6.07) is 6.45. The van der Waals surface area contributed by atoms with Gasteiger partial charge in [-0.05, 0) is 36.2 Å². The van der Waals surface area contributed by atoms with E-state index in [0.717, 1.165) is 22.9 Å². The number of aliphatic hydroxyl groups excluding tert-OH is 1. The molecule has 35 heavy (non-hydrogen) atoms. The van der Waals surface area contributed by atoms with E-state index in [0.29, 0.717) is 50.4 Å². The zero-order chi connectivity index (χ0) is 25.0.